The highest BCUT2D eigenvalue weighted by Gasteiger charge is 2.29. The van der Waals surface area contributed by atoms with Crippen molar-refractivity contribution >= 4 is 0 Å². The molecule has 2 fully saturated rings. The molecule has 0 aromatic heterocycles. The van der Waals surface area contributed by atoms with Crippen LogP contribution < -0.4 is 4.74 Å². The number of halogens is 4. The van der Waals surface area contributed by atoms with Gasteiger partial charge in [0.2, 0.25) is 5.82 Å². The fraction of sp³-hybridized carbons (Fsp3) is 0.562. The molecule has 0 heterocycles. The minimum atomic E-state index is -0.927. The summed E-state index contributed by atoms with van der Waals surface area (Å²) in [7, 11) is 0. The summed E-state index contributed by atoms with van der Waals surface area (Å²) in [5, 5.41) is 0. The first-order valence-corrected chi connectivity index (χ1v) is 14.1. The summed E-state index contributed by atoms with van der Waals surface area (Å²) >= 11 is 0. The Hall–Kier alpha value is -2.30. The maximum absolute atomic E-state index is 15.1. The van der Waals surface area contributed by atoms with Crippen molar-refractivity contribution in [3.05, 3.63) is 76.9 Å². The van der Waals surface area contributed by atoms with Crippen LogP contribution in [0.25, 0.3) is 0 Å². The molecule has 0 aliphatic heterocycles. The highest BCUT2D eigenvalue weighted by atomic mass is 19.2. The van der Waals surface area contributed by atoms with E-state index in [1.165, 1.54) is 6.07 Å². The first-order chi connectivity index (χ1) is 17.9. The van der Waals surface area contributed by atoms with Crippen molar-refractivity contribution in [1.82, 2.24) is 0 Å². The zero-order valence-electron chi connectivity index (χ0n) is 22.0. The first kappa shape index (κ1) is 27.7. The lowest BCUT2D eigenvalue weighted by atomic mass is 9.75. The second-order valence-electron chi connectivity index (χ2n) is 11.2. The van der Waals surface area contributed by atoms with Gasteiger partial charge in [0.25, 0.3) is 0 Å². The Labute approximate surface area is 219 Å². The van der Waals surface area contributed by atoms with Gasteiger partial charge in [-0.25, -0.2) is 13.2 Å². The number of allylic oxidation sites excluding steroid dienone is 1. The monoisotopic (exact) mass is 516 g/mol. The normalized spacial score (nSPS) is 24.1. The van der Waals surface area contributed by atoms with Crippen LogP contribution in [-0.2, 0) is 6.42 Å². The molecule has 2 aliphatic carbocycles. The lowest BCUT2D eigenvalue weighted by Crippen LogP contribution is -2.17. The van der Waals surface area contributed by atoms with Gasteiger partial charge in [0.15, 0.2) is 23.2 Å². The fourth-order valence-corrected chi connectivity index (χ4v) is 6.19. The van der Waals surface area contributed by atoms with E-state index in [9.17, 15) is 8.78 Å². The second kappa shape index (κ2) is 13.0. The van der Waals surface area contributed by atoms with Crippen LogP contribution in [-0.4, -0.2) is 6.61 Å². The van der Waals surface area contributed by atoms with E-state index in [1.54, 1.807) is 12.1 Å². The Morgan fingerprint density at radius 2 is 1.38 bits per heavy atom. The number of unbranched alkanes of at least 4 members (excludes halogenated alkanes) is 1. The molecular weight excluding hydrogens is 476 g/mol. The number of hydrogen-bond acceptors (Lipinski definition) is 1. The van der Waals surface area contributed by atoms with Gasteiger partial charge in [0, 0.05) is 0 Å². The molecule has 0 saturated heterocycles. The van der Waals surface area contributed by atoms with Crippen molar-refractivity contribution in [3.63, 3.8) is 0 Å². The summed E-state index contributed by atoms with van der Waals surface area (Å²) in [5.41, 5.74) is 1.41. The van der Waals surface area contributed by atoms with Gasteiger partial charge in [-0.1, -0.05) is 44.0 Å². The van der Waals surface area contributed by atoms with E-state index >= 15 is 8.78 Å². The zero-order chi connectivity index (χ0) is 26.4. The number of aryl methyl sites for hydroxylation is 1. The smallest absolute Gasteiger partial charge is 0.200 e. The van der Waals surface area contributed by atoms with Crippen LogP contribution >= 0.6 is 0 Å². The molecule has 4 rings (SSSR count). The van der Waals surface area contributed by atoms with Crippen LogP contribution in [0.5, 0.6) is 5.75 Å². The standard InChI is InChI=1S/C32H40F4O/c1-3-4-5-20-37-28-19-16-25(29(33)32(28)36)15-10-22-8-13-24(14-9-22)27-18-17-26(30(34)31(27)35)23-11-6-21(2)7-12-23/h3,16-19,21-24H,1,4-15,20H2,2H3. The van der Waals surface area contributed by atoms with Crippen LogP contribution in [0.2, 0.25) is 0 Å². The molecule has 2 aromatic carbocycles. The van der Waals surface area contributed by atoms with Crippen molar-refractivity contribution in [2.45, 2.75) is 95.8 Å². The largest absolute Gasteiger partial charge is 0.490 e. The van der Waals surface area contributed by atoms with Gasteiger partial charge in [0.05, 0.1) is 6.61 Å². The molecule has 0 N–H and O–H groups in total. The van der Waals surface area contributed by atoms with E-state index in [2.05, 4.69) is 13.5 Å². The van der Waals surface area contributed by atoms with Crippen molar-refractivity contribution < 1.29 is 22.3 Å². The predicted octanol–water partition coefficient (Wildman–Crippen LogP) is 9.79. The van der Waals surface area contributed by atoms with E-state index in [0.29, 0.717) is 48.0 Å². The van der Waals surface area contributed by atoms with E-state index in [-0.39, 0.29) is 17.6 Å². The highest BCUT2D eigenvalue weighted by molar-refractivity contribution is 5.33. The summed E-state index contributed by atoms with van der Waals surface area (Å²) < 4.78 is 64.5. The number of rotatable bonds is 10. The van der Waals surface area contributed by atoms with Crippen LogP contribution in [0.4, 0.5) is 17.6 Å². The summed E-state index contributed by atoms with van der Waals surface area (Å²) in [5.74, 6) is -1.96. The van der Waals surface area contributed by atoms with Crippen molar-refractivity contribution in [2.75, 3.05) is 6.61 Å². The number of ether oxygens (including phenoxy) is 1. The molecular formula is C32H40F4O. The molecule has 37 heavy (non-hydrogen) atoms. The van der Waals surface area contributed by atoms with E-state index in [4.69, 9.17) is 4.74 Å². The van der Waals surface area contributed by atoms with Gasteiger partial charge in [-0.3, -0.25) is 0 Å². The van der Waals surface area contributed by atoms with Gasteiger partial charge < -0.3 is 4.74 Å². The molecule has 2 aliphatic rings. The lowest BCUT2D eigenvalue weighted by Gasteiger charge is -2.30. The SMILES string of the molecule is C=CCCCOc1ccc(CCC2CCC(c3ccc(C4CCC(C)CC4)c(F)c3F)CC2)c(F)c1F. The predicted molar refractivity (Wildman–Crippen MR) is 141 cm³/mol. The molecule has 0 radical (unpaired) electrons. The Morgan fingerprint density at radius 3 is 1.97 bits per heavy atom. The molecule has 0 bridgehead atoms. The molecule has 0 unspecified atom stereocenters. The first-order valence-electron chi connectivity index (χ1n) is 14.1. The fourth-order valence-electron chi connectivity index (χ4n) is 6.19. The van der Waals surface area contributed by atoms with Gasteiger partial charge in [-0.2, -0.15) is 4.39 Å². The van der Waals surface area contributed by atoms with Gasteiger partial charge in [0.1, 0.15) is 0 Å². The quantitative estimate of drug-likeness (QED) is 0.173. The minimum absolute atomic E-state index is 0.0119. The van der Waals surface area contributed by atoms with Gasteiger partial charge >= 0.3 is 0 Å². The van der Waals surface area contributed by atoms with Gasteiger partial charge in [-0.05, 0) is 111 Å². The Kier molecular flexibility index (Phi) is 9.72. The van der Waals surface area contributed by atoms with E-state index in [0.717, 1.165) is 64.2 Å². The third-order valence-corrected chi connectivity index (χ3v) is 8.64. The molecule has 5 heteroatoms. The van der Waals surface area contributed by atoms with Crippen LogP contribution in [0.3, 0.4) is 0 Å². The van der Waals surface area contributed by atoms with E-state index in [1.807, 2.05) is 12.1 Å². The summed E-state index contributed by atoms with van der Waals surface area (Å²) in [6, 6.07) is 6.76. The Bertz CT molecular complexity index is 1050. The molecule has 0 amide bonds. The topological polar surface area (TPSA) is 9.23 Å². The minimum Gasteiger partial charge on any atom is -0.490 e. The number of benzene rings is 2. The number of hydrogen-bond donors (Lipinski definition) is 0. The van der Waals surface area contributed by atoms with Gasteiger partial charge in [-0.15, -0.1) is 6.58 Å². The van der Waals surface area contributed by atoms with Crippen molar-refractivity contribution in [3.8, 4) is 5.75 Å². The average Bonchev–Trinajstić information content (AvgIpc) is 2.91. The molecule has 2 aromatic rings. The summed E-state index contributed by atoms with van der Waals surface area (Å²) in [6.45, 7) is 6.17. The summed E-state index contributed by atoms with van der Waals surface area (Å²) in [6.07, 6.45) is 11.8. The van der Waals surface area contributed by atoms with Crippen molar-refractivity contribution in [2.24, 2.45) is 11.8 Å². The second-order valence-corrected chi connectivity index (χ2v) is 11.2. The Morgan fingerprint density at radius 1 is 0.784 bits per heavy atom. The van der Waals surface area contributed by atoms with E-state index < -0.39 is 23.3 Å². The maximum atomic E-state index is 15.1. The Balaban J connectivity index is 1.29. The molecule has 202 valence electrons. The lowest BCUT2D eigenvalue weighted by molar-refractivity contribution is 0.288. The third-order valence-electron chi connectivity index (χ3n) is 8.64. The molecule has 0 spiro atoms. The molecule has 0 atom stereocenters. The maximum Gasteiger partial charge on any atom is 0.200 e. The van der Waals surface area contributed by atoms with Crippen LogP contribution in [0, 0.1) is 35.1 Å². The molecule has 1 nitrogen and oxygen atoms in total. The van der Waals surface area contributed by atoms with Crippen molar-refractivity contribution in [1.29, 1.82) is 0 Å². The zero-order valence-corrected chi connectivity index (χ0v) is 22.0. The average molecular weight is 517 g/mol. The van der Waals surface area contributed by atoms with Crippen LogP contribution in [0.1, 0.15) is 106 Å². The third kappa shape index (κ3) is 6.78. The summed E-state index contributed by atoms with van der Waals surface area (Å²) in [4.78, 5) is 0. The van der Waals surface area contributed by atoms with Crippen LogP contribution in [0.15, 0.2) is 36.9 Å². The molecule has 2 saturated carbocycles. The highest BCUT2D eigenvalue weighted by Crippen LogP contribution is 2.42.